The lowest BCUT2D eigenvalue weighted by atomic mass is 9.95. The number of ketones is 1. The topological polar surface area (TPSA) is 106 Å². The Hall–Kier alpha value is -3.52. The summed E-state index contributed by atoms with van der Waals surface area (Å²) in [6.45, 7) is 3.34. The molecule has 1 amide bonds. The van der Waals surface area contributed by atoms with Gasteiger partial charge in [-0.3, -0.25) is 9.59 Å². The van der Waals surface area contributed by atoms with E-state index < -0.39 is 17.7 Å². The maximum absolute atomic E-state index is 13.1. The van der Waals surface area contributed by atoms with Gasteiger partial charge in [-0.1, -0.05) is 19.4 Å². The molecule has 2 N–H and O–H groups in total. The maximum Gasteiger partial charge on any atom is 0.295 e. The first kappa shape index (κ1) is 25.1. The lowest BCUT2D eigenvalue weighted by molar-refractivity contribution is -0.140. The van der Waals surface area contributed by atoms with Crippen LogP contribution in [-0.4, -0.2) is 60.8 Å². The fraction of sp³-hybridized carbons (Fsp3) is 0.385. The Morgan fingerprint density at radius 2 is 1.76 bits per heavy atom. The number of carbonyl (C=O) groups excluding carboxylic acids is 2. The normalized spacial score (nSPS) is 17.3. The Balaban J connectivity index is 2.03. The molecule has 34 heavy (non-hydrogen) atoms. The minimum Gasteiger partial charge on any atom is -0.507 e. The smallest absolute Gasteiger partial charge is 0.295 e. The van der Waals surface area contributed by atoms with Crippen LogP contribution in [0.2, 0.25) is 0 Å². The largest absolute Gasteiger partial charge is 0.507 e. The molecule has 182 valence electrons. The summed E-state index contributed by atoms with van der Waals surface area (Å²) in [6.07, 6.45) is 2.47. The molecule has 3 rings (SSSR count). The molecule has 1 fully saturated rings. The van der Waals surface area contributed by atoms with Crippen molar-refractivity contribution in [2.75, 3.05) is 34.0 Å². The lowest BCUT2D eigenvalue weighted by Gasteiger charge is -2.25. The van der Waals surface area contributed by atoms with Gasteiger partial charge in [0.2, 0.25) is 0 Å². The molecule has 1 unspecified atom stereocenters. The average Bonchev–Trinajstić information content (AvgIpc) is 3.10. The zero-order valence-electron chi connectivity index (χ0n) is 19.7. The maximum atomic E-state index is 13.1. The number of ether oxygens (including phenoxy) is 3. The highest BCUT2D eigenvalue weighted by atomic mass is 16.5. The van der Waals surface area contributed by atoms with Crippen LogP contribution in [0.5, 0.6) is 17.2 Å². The molecule has 1 heterocycles. The van der Waals surface area contributed by atoms with Gasteiger partial charge in [0.1, 0.15) is 11.5 Å². The van der Waals surface area contributed by atoms with Crippen LogP contribution in [0.3, 0.4) is 0 Å². The van der Waals surface area contributed by atoms with E-state index in [1.54, 1.807) is 43.5 Å². The van der Waals surface area contributed by atoms with Gasteiger partial charge in [0.15, 0.2) is 11.5 Å². The summed E-state index contributed by atoms with van der Waals surface area (Å²) in [5, 5.41) is 21.2. The Morgan fingerprint density at radius 1 is 1.03 bits per heavy atom. The zero-order chi connectivity index (χ0) is 24.7. The van der Waals surface area contributed by atoms with Crippen LogP contribution < -0.4 is 9.47 Å². The first-order valence-corrected chi connectivity index (χ1v) is 11.3. The summed E-state index contributed by atoms with van der Waals surface area (Å²) >= 11 is 0. The second kappa shape index (κ2) is 11.6. The quantitative estimate of drug-likeness (QED) is 0.221. The second-order valence-electron chi connectivity index (χ2n) is 8.00. The number of phenols is 1. The van der Waals surface area contributed by atoms with E-state index in [1.165, 1.54) is 18.1 Å². The van der Waals surface area contributed by atoms with Crippen LogP contribution in [0.1, 0.15) is 43.4 Å². The van der Waals surface area contributed by atoms with Crippen molar-refractivity contribution in [2.24, 2.45) is 0 Å². The van der Waals surface area contributed by atoms with Crippen molar-refractivity contribution in [1.82, 2.24) is 4.90 Å². The number of amides is 1. The highest BCUT2D eigenvalue weighted by molar-refractivity contribution is 6.46. The number of Topliss-reactive ketones (excluding diaryl/α,β-unsaturated/α-hetero) is 1. The molecule has 1 aliphatic rings. The fourth-order valence-electron chi connectivity index (χ4n) is 3.90. The molecular weight excluding hydrogens is 438 g/mol. The fourth-order valence-corrected chi connectivity index (χ4v) is 3.90. The first-order chi connectivity index (χ1) is 16.4. The SMILES string of the molecule is CCCCOc1ccc(/C(O)=C2/C(=O)C(=O)N(CCCOC)C2c2ccc(O)c(OC)c2)cc1. The third kappa shape index (κ3) is 5.34. The van der Waals surface area contributed by atoms with Crippen LogP contribution in [-0.2, 0) is 14.3 Å². The predicted molar refractivity (Wildman–Crippen MR) is 127 cm³/mol. The van der Waals surface area contributed by atoms with Crippen molar-refractivity contribution < 1.29 is 34.0 Å². The molecule has 2 aromatic carbocycles. The minimum absolute atomic E-state index is 0.0187. The lowest BCUT2D eigenvalue weighted by Crippen LogP contribution is -2.31. The zero-order valence-corrected chi connectivity index (χ0v) is 19.7. The van der Waals surface area contributed by atoms with Gasteiger partial charge in [-0.05, 0) is 54.8 Å². The summed E-state index contributed by atoms with van der Waals surface area (Å²) < 4.78 is 16.0. The van der Waals surface area contributed by atoms with Gasteiger partial charge < -0.3 is 29.3 Å². The number of carbonyl (C=O) groups is 2. The minimum atomic E-state index is -0.841. The Morgan fingerprint density at radius 3 is 2.41 bits per heavy atom. The van der Waals surface area contributed by atoms with E-state index in [2.05, 4.69) is 6.92 Å². The predicted octanol–water partition coefficient (Wildman–Crippen LogP) is 4.04. The van der Waals surface area contributed by atoms with Gasteiger partial charge in [0.05, 0.1) is 25.3 Å². The monoisotopic (exact) mass is 469 g/mol. The number of nitrogens with zero attached hydrogens (tertiary/aromatic N) is 1. The van der Waals surface area contributed by atoms with Crippen molar-refractivity contribution in [3.63, 3.8) is 0 Å². The van der Waals surface area contributed by atoms with Gasteiger partial charge in [0.25, 0.3) is 11.7 Å². The molecule has 1 aliphatic heterocycles. The molecular formula is C26H31NO7. The number of aromatic hydroxyl groups is 1. The van der Waals surface area contributed by atoms with Gasteiger partial charge in [-0.25, -0.2) is 0 Å². The van der Waals surface area contributed by atoms with E-state index in [0.717, 1.165) is 12.8 Å². The molecule has 0 aromatic heterocycles. The number of methoxy groups -OCH3 is 2. The number of unbranched alkanes of at least 4 members (excludes halogenated alkanes) is 1. The molecule has 0 bridgehead atoms. The van der Waals surface area contributed by atoms with Crippen molar-refractivity contribution in [3.8, 4) is 17.2 Å². The van der Waals surface area contributed by atoms with Crippen molar-refractivity contribution in [3.05, 3.63) is 59.2 Å². The van der Waals surface area contributed by atoms with Gasteiger partial charge in [0, 0.05) is 25.8 Å². The van der Waals surface area contributed by atoms with E-state index in [4.69, 9.17) is 14.2 Å². The molecule has 8 heteroatoms. The number of phenolic OH excluding ortho intramolecular Hbond substituents is 1. The van der Waals surface area contributed by atoms with E-state index >= 15 is 0 Å². The first-order valence-electron chi connectivity index (χ1n) is 11.3. The number of benzene rings is 2. The van der Waals surface area contributed by atoms with Crippen LogP contribution >= 0.6 is 0 Å². The number of aliphatic hydroxyl groups is 1. The summed E-state index contributed by atoms with van der Waals surface area (Å²) in [5.41, 5.74) is 0.913. The standard InChI is InChI=1S/C26H31NO7/c1-4-5-15-34-19-10-7-17(8-11-19)24(29)22-23(18-9-12-20(28)21(16-18)33-3)27(13-6-14-32-2)26(31)25(22)30/h7-12,16,23,28-29H,4-6,13-15H2,1-3H3/b24-22-. The summed E-state index contributed by atoms with van der Waals surface area (Å²) in [4.78, 5) is 27.4. The van der Waals surface area contributed by atoms with E-state index in [0.29, 0.717) is 36.5 Å². The van der Waals surface area contributed by atoms with E-state index in [1.807, 2.05) is 0 Å². The molecule has 2 aromatic rings. The number of hydrogen-bond donors (Lipinski definition) is 2. The average molecular weight is 470 g/mol. The molecule has 1 atom stereocenters. The molecule has 8 nitrogen and oxygen atoms in total. The van der Waals surface area contributed by atoms with Gasteiger partial charge in [-0.15, -0.1) is 0 Å². The molecule has 0 spiro atoms. The summed E-state index contributed by atoms with van der Waals surface area (Å²) in [5.74, 6) is -0.950. The number of rotatable bonds is 11. The Labute approximate surface area is 199 Å². The molecule has 0 saturated carbocycles. The number of aliphatic hydroxyl groups excluding tert-OH is 1. The van der Waals surface area contributed by atoms with Crippen molar-refractivity contribution in [2.45, 2.75) is 32.2 Å². The van der Waals surface area contributed by atoms with Crippen LogP contribution in [0.15, 0.2) is 48.0 Å². The third-order valence-electron chi connectivity index (χ3n) is 5.70. The Bertz CT molecular complexity index is 1050. The molecule has 0 aliphatic carbocycles. The van der Waals surface area contributed by atoms with E-state index in [9.17, 15) is 19.8 Å². The summed E-state index contributed by atoms with van der Waals surface area (Å²) in [6, 6.07) is 10.5. The third-order valence-corrected chi connectivity index (χ3v) is 5.70. The highest BCUT2D eigenvalue weighted by Gasteiger charge is 2.46. The van der Waals surface area contributed by atoms with Gasteiger partial charge >= 0.3 is 0 Å². The van der Waals surface area contributed by atoms with Crippen LogP contribution in [0, 0.1) is 0 Å². The van der Waals surface area contributed by atoms with Gasteiger partial charge in [-0.2, -0.15) is 0 Å². The molecule has 0 radical (unpaired) electrons. The van der Waals surface area contributed by atoms with Crippen LogP contribution in [0.4, 0.5) is 0 Å². The van der Waals surface area contributed by atoms with Crippen molar-refractivity contribution >= 4 is 17.4 Å². The Kier molecular flexibility index (Phi) is 8.54. The van der Waals surface area contributed by atoms with Crippen molar-refractivity contribution in [1.29, 1.82) is 0 Å². The summed E-state index contributed by atoms with van der Waals surface area (Å²) in [7, 11) is 2.98. The molecule has 1 saturated heterocycles. The highest BCUT2D eigenvalue weighted by Crippen LogP contribution is 2.41. The number of likely N-dealkylation sites (tertiary alicyclic amines) is 1. The second-order valence-corrected chi connectivity index (χ2v) is 8.00. The van der Waals surface area contributed by atoms with E-state index in [-0.39, 0.29) is 29.4 Å². The van der Waals surface area contributed by atoms with Crippen LogP contribution in [0.25, 0.3) is 5.76 Å². The number of hydrogen-bond acceptors (Lipinski definition) is 7.